The molecule has 0 aliphatic carbocycles. The van der Waals surface area contributed by atoms with Gasteiger partial charge in [0.2, 0.25) is 0 Å². The van der Waals surface area contributed by atoms with Gasteiger partial charge in [-0.1, -0.05) is 18.2 Å². The Morgan fingerprint density at radius 1 is 1.30 bits per heavy atom. The molecule has 0 spiro atoms. The van der Waals surface area contributed by atoms with E-state index >= 15 is 0 Å². The Hall–Kier alpha value is -0.370. The smallest absolute Gasteiger partial charge is 0.150 e. The number of hydrogen-bond acceptors (Lipinski definition) is 2. The first-order valence-electron chi connectivity index (χ1n) is 2.68. The molecule has 1 rings (SSSR count). The highest BCUT2D eigenvalue weighted by Crippen LogP contribution is 2.39. The fraction of sp³-hybridized carbons (Fsp3) is 0. The third-order valence-corrected chi connectivity index (χ3v) is 2.67. The van der Waals surface area contributed by atoms with Gasteiger partial charge in [0.1, 0.15) is 0 Å². The quantitative estimate of drug-likeness (QED) is 0.698. The Kier molecular flexibility index (Phi) is 2.87. The van der Waals surface area contributed by atoms with Gasteiger partial charge in [0.15, 0.2) is 11.4 Å². The fourth-order valence-corrected chi connectivity index (χ4v) is 1.94. The monoisotopic (exact) mass is 173 g/mol. The molecular formula is C6H6O2PS+. The topological polar surface area (TPSA) is 37.3 Å². The van der Waals surface area contributed by atoms with Crippen molar-refractivity contribution in [2.24, 2.45) is 0 Å². The van der Waals surface area contributed by atoms with Crippen LogP contribution < -0.4 is 0 Å². The molecule has 0 amide bonds. The zero-order valence-electron chi connectivity index (χ0n) is 5.10. The van der Waals surface area contributed by atoms with Gasteiger partial charge in [-0.2, -0.15) is 4.89 Å². The summed E-state index contributed by atoms with van der Waals surface area (Å²) in [7, 11) is -2.11. The molecule has 1 unspecified atom stereocenters. The third-order valence-electron chi connectivity index (χ3n) is 0.927. The van der Waals surface area contributed by atoms with E-state index < -0.39 is 7.23 Å². The average molecular weight is 173 g/mol. The van der Waals surface area contributed by atoms with Crippen LogP contribution in [0.1, 0.15) is 0 Å². The zero-order valence-corrected chi connectivity index (χ0v) is 6.81. The van der Waals surface area contributed by atoms with E-state index in [9.17, 15) is 4.57 Å². The van der Waals surface area contributed by atoms with Crippen molar-refractivity contribution in [3.63, 3.8) is 0 Å². The summed E-state index contributed by atoms with van der Waals surface area (Å²) in [5.41, 5.74) is 0. The predicted octanol–water partition coefficient (Wildman–Crippen LogP) is 2.43. The van der Waals surface area contributed by atoms with Crippen molar-refractivity contribution in [3.05, 3.63) is 30.3 Å². The van der Waals surface area contributed by atoms with E-state index in [4.69, 9.17) is 4.89 Å². The van der Waals surface area contributed by atoms with E-state index in [1.165, 1.54) is 0 Å². The van der Waals surface area contributed by atoms with Crippen LogP contribution in [0.25, 0.3) is 0 Å². The van der Waals surface area contributed by atoms with E-state index in [0.29, 0.717) is 0 Å². The van der Waals surface area contributed by atoms with Crippen LogP contribution in [0, 0.1) is 0 Å². The molecule has 1 aromatic carbocycles. The van der Waals surface area contributed by atoms with Gasteiger partial charge >= 0.3 is 7.23 Å². The Labute approximate surface area is 63.9 Å². The van der Waals surface area contributed by atoms with E-state index in [0.717, 1.165) is 16.3 Å². The lowest BCUT2D eigenvalue weighted by atomic mass is 10.4. The molecule has 4 heteroatoms. The van der Waals surface area contributed by atoms with Crippen molar-refractivity contribution in [2.45, 2.75) is 4.90 Å². The van der Waals surface area contributed by atoms with Crippen molar-refractivity contribution in [3.8, 4) is 0 Å². The maximum Gasteiger partial charge on any atom is 0.588 e. The van der Waals surface area contributed by atoms with Gasteiger partial charge in [0.25, 0.3) is 0 Å². The fourth-order valence-electron chi connectivity index (χ4n) is 0.572. The lowest BCUT2D eigenvalue weighted by Gasteiger charge is -1.83. The van der Waals surface area contributed by atoms with Crippen LogP contribution in [0.4, 0.5) is 0 Å². The SMILES string of the molecule is O=[P+](O)Sc1ccccc1. The standard InChI is InChI=1S/C6H5O2PS/c7-9(8)10-6-4-2-1-3-5-6/h1-5H/p+1. The number of benzene rings is 1. The van der Waals surface area contributed by atoms with Gasteiger partial charge in [0, 0.05) is 0 Å². The van der Waals surface area contributed by atoms with Crippen LogP contribution in [-0.2, 0) is 4.57 Å². The second-order valence-corrected chi connectivity index (χ2v) is 4.26. The van der Waals surface area contributed by atoms with Crippen LogP contribution in [0.15, 0.2) is 35.2 Å². The van der Waals surface area contributed by atoms with E-state index in [-0.39, 0.29) is 0 Å². The largest absolute Gasteiger partial charge is 0.588 e. The maximum absolute atomic E-state index is 10.3. The zero-order chi connectivity index (χ0) is 7.40. The van der Waals surface area contributed by atoms with Crippen molar-refractivity contribution in [1.29, 1.82) is 0 Å². The highest BCUT2D eigenvalue weighted by molar-refractivity contribution is 8.50. The normalized spacial score (nSPS) is 11.1. The molecule has 0 aliphatic heterocycles. The summed E-state index contributed by atoms with van der Waals surface area (Å²) in [6, 6.07) is 9.14. The van der Waals surface area contributed by atoms with Gasteiger partial charge in [-0.25, -0.2) is 0 Å². The van der Waals surface area contributed by atoms with Crippen molar-refractivity contribution in [1.82, 2.24) is 0 Å². The highest BCUT2D eigenvalue weighted by Gasteiger charge is 2.13. The summed E-state index contributed by atoms with van der Waals surface area (Å²) in [5.74, 6) is 0. The van der Waals surface area contributed by atoms with E-state index in [1.807, 2.05) is 18.2 Å². The van der Waals surface area contributed by atoms with Gasteiger partial charge in [-0.3, -0.25) is 0 Å². The summed E-state index contributed by atoms with van der Waals surface area (Å²) in [6.07, 6.45) is 0. The molecule has 0 radical (unpaired) electrons. The molecule has 0 fully saturated rings. The second kappa shape index (κ2) is 3.71. The van der Waals surface area contributed by atoms with Crippen LogP contribution in [0.3, 0.4) is 0 Å². The Balaban J connectivity index is 2.67. The molecule has 1 atom stereocenters. The summed E-state index contributed by atoms with van der Waals surface area (Å²) < 4.78 is 10.3. The van der Waals surface area contributed by atoms with Crippen molar-refractivity contribution < 1.29 is 9.46 Å². The first kappa shape index (κ1) is 7.73. The summed E-state index contributed by atoms with van der Waals surface area (Å²) >= 11 is 0.963. The van der Waals surface area contributed by atoms with Gasteiger partial charge in [-0.15, -0.1) is 0 Å². The summed E-state index contributed by atoms with van der Waals surface area (Å²) in [6.45, 7) is 0. The van der Waals surface area contributed by atoms with Crippen LogP contribution in [0.5, 0.6) is 0 Å². The highest BCUT2D eigenvalue weighted by atomic mass is 32.7. The van der Waals surface area contributed by atoms with Gasteiger partial charge in [0.05, 0.1) is 4.90 Å². The molecule has 1 N–H and O–H groups in total. The average Bonchev–Trinajstić information content (AvgIpc) is 1.88. The minimum atomic E-state index is -2.11. The van der Waals surface area contributed by atoms with Crippen molar-refractivity contribution in [2.75, 3.05) is 0 Å². The first-order chi connectivity index (χ1) is 4.79. The molecule has 0 bridgehead atoms. The molecule has 10 heavy (non-hydrogen) atoms. The molecule has 0 saturated heterocycles. The third kappa shape index (κ3) is 2.48. The summed E-state index contributed by atoms with van der Waals surface area (Å²) in [4.78, 5) is 9.30. The predicted molar refractivity (Wildman–Crippen MR) is 42.1 cm³/mol. The lowest BCUT2D eigenvalue weighted by Crippen LogP contribution is -1.62. The Morgan fingerprint density at radius 2 is 1.90 bits per heavy atom. The van der Waals surface area contributed by atoms with Crippen LogP contribution >= 0.6 is 18.6 Å². The maximum atomic E-state index is 10.3. The van der Waals surface area contributed by atoms with E-state index in [1.54, 1.807) is 12.1 Å². The molecule has 1 aromatic rings. The van der Waals surface area contributed by atoms with Crippen LogP contribution in [0.2, 0.25) is 0 Å². The summed E-state index contributed by atoms with van der Waals surface area (Å²) in [5, 5.41) is 0. The molecule has 0 heterocycles. The number of hydrogen-bond donors (Lipinski definition) is 1. The number of rotatable bonds is 2. The molecule has 0 aromatic heterocycles. The van der Waals surface area contributed by atoms with E-state index in [2.05, 4.69) is 0 Å². The minimum absolute atomic E-state index is 0.825. The minimum Gasteiger partial charge on any atom is -0.150 e. The molecular weight excluding hydrogens is 167 g/mol. The molecule has 0 saturated carbocycles. The van der Waals surface area contributed by atoms with Gasteiger partial charge < -0.3 is 0 Å². The van der Waals surface area contributed by atoms with Crippen LogP contribution in [-0.4, -0.2) is 4.89 Å². The van der Waals surface area contributed by atoms with Crippen molar-refractivity contribution >= 4 is 18.6 Å². The molecule has 0 aliphatic rings. The van der Waals surface area contributed by atoms with Gasteiger partial charge in [-0.05, 0) is 16.7 Å². The first-order valence-corrected chi connectivity index (χ1v) is 5.31. The molecule has 52 valence electrons. The molecule has 2 nitrogen and oxygen atoms in total. The Morgan fingerprint density at radius 3 is 2.40 bits per heavy atom. The Bertz CT molecular complexity index is 224. The lowest BCUT2D eigenvalue weighted by molar-refractivity contribution is 0.519. The second-order valence-electron chi connectivity index (χ2n) is 1.64.